The van der Waals surface area contributed by atoms with Crippen LogP contribution in [0, 0.1) is 0 Å². The molecule has 34 heavy (non-hydrogen) atoms. The molecule has 15 nitrogen and oxygen atoms in total. The molecule has 6 N–H and O–H groups in total. The van der Waals surface area contributed by atoms with Crippen molar-refractivity contribution in [1.82, 2.24) is 10.2 Å². The molecule has 0 heterocycles. The van der Waals surface area contributed by atoms with Crippen molar-refractivity contribution in [3.63, 3.8) is 0 Å². The lowest BCUT2D eigenvalue weighted by Gasteiger charge is -2.34. The lowest BCUT2D eigenvalue weighted by molar-refractivity contribution is -0.140. The second-order valence-corrected chi connectivity index (χ2v) is 7.24. The van der Waals surface area contributed by atoms with Crippen LogP contribution in [0.2, 0.25) is 0 Å². The minimum atomic E-state index is -1.36. The van der Waals surface area contributed by atoms with Gasteiger partial charge in [0.05, 0.1) is 71.9 Å². The van der Waals surface area contributed by atoms with Gasteiger partial charge < -0.3 is 50.2 Å². The van der Waals surface area contributed by atoms with Gasteiger partial charge in [0.15, 0.2) is 0 Å². The maximum atomic E-state index is 12.5. The minimum Gasteiger partial charge on any atom is -0.481 e. The molecule has 0 atom stereocenters. The van der Waals surface area contributed by atoms with Crippen molar-refractivity contribution in [2.75, 3.05) is 60.0 Å². The Kier molecular flexibility index (Phi) is 15.9. The first-order chi connectivity index (χ1) is 16.0. The number of carboxylic acid groups (broad SMARTS) is 3. The van der Waals surface area contributed by atoms with Gasteiger partial charge in [-0.25, -0.2) is 4.79 Å². The molecule has 0 aromatic heterocycles. The van der Waals surface area contributed by atoms with Gasteiger partial charge in [-0.1, -0.05) is 0 Å². The summed E-state index contributed by atoms with van der Waals surface area (Å²) in [5.41, 5.74) is 3.70. The first-order valence-electron chi connectivity index (χ1n) is 10.3. The van der Waals surface area contributed by atoms with Gasteiger partial charge in [-0.05, 0) is 0 Å². The van der Waals surface area contributed by atoms with Gasteiger partial charge >= 0.3 is 23.9 Å². The molecule has 0 aromatic carbocycles. The van der Waals surface area contributed by atoms with Crippen LogP contribution in [-0.2, 0) is 38.1 Å². The Morgan fingerprint density at radius 2 is 1.12 bits per heavy atom. The largest absolute Gasteiger partial charge is 0.481 e. The second kappa shape index (κ2) is 17.5. The third-order valence-corrected chi connectivity index (χ3v) is 4.06. The number of urea groups is 1. The molecule has 0 rings (SSSR count). The van der Waals surface area contributed by atoms with Crippen molar-refractivity contribution in [3.05, 3.63) is 0 Å². The number of ether oxygens (including phenoxy) is 4. The number of nitrogens with one attached hydrogen (secondary N) is 1. The average molecular weight is 495 g/mol. The smallest absolute Gasteiger partial charge is 0.316 e. The topological polar surface area (TPSA) is 224 Å². The molecule has 0 aliphatic rings. The Labute approximate surface area is 196 Å². The number of aliphatic carboxylic acids is 3. The number of primary amides is 1. The van der Waals surface area contributed by atoms with Gasteiger partial charge in [0.2, 0.25) is 5.91 Å². The summed E-state index contributed by atoms with van der Waals surface area (Å²) in [6, 6.07) is -0.709. The van der Waals surface area contributed by atoms with Gasteiger partial charge in [0, 0.05) is 7.05 Å². The zero-order valence-electron chi connectivity index (χ0n) is 19.0. The molecule has 0 fully saturated rings. The van der Waals surface area contributed by atoms with Crippen molar-refractivity contribution < 1.29 is 58.2 Å². The summed E-state index contributed by atoms with van der Waals surface area (Å²) in [6.07, 6.45) is -1.05. The molecule has 0 aliphatic carbocycles. The van der Waals surface area contributed by atoms with E-state index in [1.807, 2.05) is 0 Å². The highest BCUT2D eigenvalue weighted by Gasteiger charge is 2.34. The van der Waals surface area contributed by atoms with Gasteiger partial charge in [-0.2, -0.15) is 0 Å². The highest BCUT2D eigenvalue weighted by molar-refractivity contribution is 5.77. The van der Waals surface area contributed by atoms with Crippen molar-refractivity contribution in [3.8, 4) is 0 Å². The van der Waals surface area contributed by atoms with Crippen molar-refractivity contribution in [2.24, 2.45) is 5.73 Å². The molecule has 0 spiro atoms. The van der Waals surface area contributed by atoms with Crippen LogP contribution in [0.5, 0.6) is 0 Å². The molecule has 0 bridgehead atoms. The van der Waals surface area contributed by atoms with Crippen molar-refractivity contribution in [1.29, 1.82) is 0 Å². The summed E-state index contributed by atoms with van der Waals surface area (Å²) >= 11 is 0. The Morgan fingerprint density at radius 3 is 1.47 bits per heavy atom. The molecular weight excluding hydrogens is 462 g/mol. The van der Waals surface area contributed by atoms with E-state index in [2.05, 4.69) is 5.32 Å². The first kappa shape index (κ1) is 31.0. The van der Waals surface area contributed by atoms with E-state index in [0.717, 1.165) is 4.90 Å². The quantitative estimate of drug-likeness (QED) is 0.0924. The number of nitrogens with two attached hydrogens (primary N) is 1. The van der Waals surface area contributed by atoms with Crippen LogP contribution in [0.4, 0.5) is 4.79 Å². The lowest BCUT2D eigenvalue weighted by Crippen LogP contribution is -2.59. The number of amides is 3. The SMILES string of the molecule is CN(COCCC(=O)NC(COCCC(=O)O)(COCCC(=O)O)COCCC(=O)O)C(N)=O. The predicted octanol–water partition coefficient (Wildman–Crippen LogP) is -1.31. The molecule has 0 unspecified atom stereocenters. The fourth-order valence-electron chi connectivity index (χ4n) is 2.30. The third kappa shape index (κ3) is 16.6. The molecule has 0 saturated carbocycles. The van der Waals surface area contributed by atoms with Crippen LogP contribution in [0.15, 0.2) is 0 Å². The zero-order valence-corrected chi connectivity index (χ0v) is 19.0. The number of carboxylic acids is 3. The maximum absolute atomic E-state index is 12.5. The van der Waals surface area contributed by atoms with Crippen molar-refractivity contribution >= 4 is 29.8 Å². The Balaban J connectivity index is 5.15. The molecule has 196 valence electrons. The number of rotatable bonds is 21. The number of hydrogen-bond donors (Lipinski definition) is 5. The van der Waals surface area contributed by atoms with Crippen LogP contribution >= 0.6 is 0 Å². The number of hydrogen-bond acceptors (Lipinski definition) is 9. The van der Waals surface area contributed by atoms with Crippen molar-refractivity contribution in [2.45, 2.75) is 31.2 Å². The second-order valence-electron chi connectivity index (χ2n) is 7.24. The monoisotopic (exact) mass is 495 g/mol. The van der Waals surface area contributed by atoms with Crippen LogP contribution < -0.4 is 11.1 Å². The van der Waals surface area contributed by atoms with Gasteiger partial charge in [0.25, 0.3) is 0 Å². The summed E-state index contributed by atoms with van der Waals surface area (Å²) in [5.74, 6) is -3.82. The summed E-state index contributed by atoms with van der Waals surface area (Å²) in [5, 5.41) is 29.0. The van der Waals surface area contributed by atoms with E-state index in [4.69, 9.17) is 40.0 Å². The van der Waals surface area contributed by atoms with Gasteiger partial charge in [-0.15, -0.1) is 0 Å². The van der Waals surface area contributed by atoms with E-state index in [-0.39, 0.29) is 78.7 Å². The molecule has 0 saturated heterocycles. The fourth-order valence-corrected chi connectivity index (χ4v) is 2.30. The molecule has 3 amide bonds. The summed E-state index contributed by atoms with van der Waals surface area (Å²) in [4.78, 5) is 56.8. The summed E-state index contributed by atoms with van der Waals surface area (Å²) in [7, 11) is 1.41. The lowest BCUT2D eigenvalue weighted by atomic mass is 10.0. The Bertz CT molecular complexity index is 618. The van der Waals surface area contributed by atoms with Crippen LogP contribution in [0.25, 0.3) is 0 Å². The van der Waals surface area contributed by atoms with E-state index in [1.165, 1.54) is 7.05 Å². The number of carbonyl (C=O) groups is 5. The van der Waals surface area contributed by atoms with Crippen LogP contribution in [-0.4, -0.2) is 116 Å². The van der Waals surface area contributed by atoms with Gasteiger partial charge in [-0.3, -0.25) is 19.2 Å². The molecular formula is C19H33N3O12. The standard InChI is InChI=1S/C19H33N3O12/c1-22(18(20)30)13-34-6-2-14(23)21-19(10-31-7-3-15(24)25,11-32-8-4-16(26)27)12-33-9-5-17(28)29/h2-13H2,1H3,(H2,20,30)(H,21,23)(H,24,25)(H,26,27)(H,28,29). The normalized spacial score (nSPS) is 11.1. The highest BCUT2D eigenvalue weighted by Crippen LogP contribution is 2.11. The Morgan fingerprint density at radius 1 is 0.735 bits per heavy atom. The van der Waals surface area contributed by atoms with Gasteiger partial charge in [0.1, 0.15) is 12.3 Å². The fraction of sp³-hybridized carbons (Fsp3) is 0.737. The van der Waals surface area contributed by atoms with E-state index >= 15 is 0 Å². The van der Waals surface area contributed by atoms with Crippen LogP contribution in [0.1, 0.15) is 25.7 Å². The molecule has 0 aromatic rings. The molecule has 0 aliphatic heterocycles. The summed E-state index contributed by atoms with van der Waals surface area (Å²) < 4.78 is 21.3. The van der Waals surface area contributed by atoms with E-state index in [0.29, 0.717) is 0 Å². The highest BCUT2D eigenvalue weighted by atomic mass is 16.5. The Hall–Kier alpha value is -3.01. The first-order valence-corrected chi connectivity index (χ1v) is 10.3. The van der Waals surface area contributed by atoms with E-state index in [9.17, 15) is 24.0 Å². The maximum Gasteiger partial charge on any atom is 0.316 e. The molecule has 0 radical (unpaired) electrons. The van der Waals surface area contributed by atoms with E-state index < -0.39 is 35.4 Å². The zero-order chi connectivity index (χ0) is 26.0. The van der Waals surface area contributed by atoms with E-state index in [1.54, 1.807) is 0 Å². The number of carbonyl (C=O) groups excluding carboxylic acids is 2. The minimum absolute atomic E-state index is 0.0703. The average Bonchev–Trinajstić information content (AvgIpc) is 2.74. The number of nitrogens with zero attached hydrogens (tertiary/aromatic N) is 1. The van der Waals surface area contributed by atoms with Crippen LogP contribution in [0.3, 0.4) is 0 Å². The molecule has 15 heteroatoms. The summed E-state index contributed by atoms with van der Waals surface area (Å²) in [6.45, 7) is -1.51. The third-order valence-electron chi connectivity index (χ3n) is 4.06. The predicted molar refractivity (Wildman–Crippen MR) is 113 cm³/mol.